The summed E-state index contributed by atoms with van der Waals surface area (Å²) in [5, 5.41) is 2.73. The topological polar surface area (TPSA) is 73.9 Å². The highest BCUT2D eigenvalue weighted by molar-refractivity contribution is 7.14. The Labute approximate surface area is 168 Å². The number of methoxy groups -OCH3 is 2. The van der Waals surface area contributed by atoms with Crippen molar-refractivity contribution in [1.29, 1.82) is 0 Å². The van der Waals surface area contributed by atoms with E-state index in [0.29, 0.717) is 28.0 Å². The number of rotatable bonds is 6. The van der Waals surface area contributed by atoms with Crippen molar-refractivity contribution in [1.82, 2.24) is 0 Å². The second-order valence-electron chi connectivity index (χ2n) is 7.05. The molecular formula is C21H25NO5S. The van der Waals surface area contributed by atoms with E-state index in [2.05, 4.69) is 12.2 Å². The Bertz CT molecular complexity index is 853. The number of amides is 1. The summed E-state index contributed by atoms with van der Waals surface area (Å²) in [6.07, 6.45) is 2.21. The summed E-state index contributed by atoms with van der Waals surface area (Å²) >= 11 is 1.47. The number of nitrogens with one attached hydrogen (secondary N) is 1. The van der Waals surface area contributed by atoms with Crippen LogP contribution in [0.25, 0.3) is 0 Å². The van der Waals surface area contributed by atoms with E-state index in [0.717, 1.165) is 19.3 Å². The molecule has 3 rings (SSSR count). The van der Waals surface area contributed by atoms with Crippen LogP contribution in [0.2, 0.25) is 0 Å². The first-order valence-electron chi connectivity index (χ1n) is 9.26. The number of ether oxygens (including phenoxy) is 3. The van der Waals surface area contributed by atoms with Crippen LogP contribution >= 0.6 is 11.3 Å². The molecule has 1 amide bonds. The molecule has 2 unspecified atom stereocenters. The van der Waals surface area contributed by atoms with Crippen molar-refractivity contribution in [2.75, 3.05) is 19.5 Å². The van der Waals surface area contributed by atoms with Crippen LogP contribution in [0.15, 0.2) is 24.3 Å². The van der Waals surface area contributed by atoms with Gasteiger partial charge in [-0.2, -0.15) is 0 Å². The number of benzene rings is 1. The van der Waals surface area contributed by atoms with Gasteiger partial charge < -0.3 is 19.5 Å². The molecular weight excluding hydrogens is 378 g/mol. The lowest BCUT2D eigenvalue weighted by molar-refractivity contribution is -0.123. The number of aryl methyl sites for hydroxylation is 1. The Balaban J connectivity index is 1.63. The Morgan fingerprint density at radius 1 is 1.14 bits per heavy atom. The first-order chi connectivity index (χ1) is 13.4. The number of hydrogen-bond donors (Lipinski definition) is 1. The molecule has 0 saturated carbocycles. The molecule has 6 nitrogen and oxygen atoms in total. The highest BCUT2D eigenvalue weighted by atomic mass is 32.1. The van der Waals surface area contributed by atoms with Gasteiger partial charge in [-0.25, -0.2) is 4.79 Å². The van der Waals surface area contributed by atoms with Crippen molar-refractivity contribution in [3.8, 4) is 11.5 Å². The Hall–Kier alpha value is -2.54. The average Bonchev–Trinajstić information content (AvgIpc) is 3.10. The summed E-state index contributed by atoms with van der Waals surface area (Å²) in [6, 6.07) is 6.96. The second-order valence-corrected chi connectivity index (χ2v) is 8.18. The fraction of sp³-hybridized carbons (Fsp3) is 0.429. The minimum absolute atomic E-state index is 0.418. The van der Waals surface area contributed by atoms with Gasteiger partial charge in [0.2, 0.25) is 0 Å². The molecule has 0 fully saturated rings. The predicted molar refractivity (Wildman–Crippen MR) is 109 cm³/mol. The number of hydrogen-bond acceptors (Lipinski definition) is 6. The minimum atomic E-state index is -0.928. The number of fused-ring (bicyclic) bond motifs is 1. The van der Waals surface area contributed by atoms with Crippen molar-refractivity contribution in [2.45, 2.75) is 39.2 Å². The van der Waals surface area contributed by atoms with Crippen LogP contribution in [0.3, 0.4) is 0 Å². The van der Waals surface area contributed by atoms with Crippen LogP contribution in [0.4, 0.5) is 5.69 Å². The van der Waals surface area contributed by atoms with Gasteiger partial charge in [0.1, 0.15) is 16.4 Å². The van der Waals surface area contributed by atoms with Gasteiger partial charge in [0, 0.05) is 28.8 Å². The van der Waals surface area contributed by atoms with Gasteiger partial charge in [-0.1, -0.05) is 6.92 Å². The smallest absolute Gasteiger partial charge is 0.349 e. The molecule has 7 heteroatoms. The van der Waals surface area contributed by atoms with Crippen molar-refractivity contribution in [3.05, 3.63) is 39.6 Å². The Morgan fingerprint density at radius 2 is 1.82 bits per heavy atom. The molecule has 0 bridgehead atoms. The fourth-order valence-corrected chi connectivity index (χ4v) is 4.29. The van der Waals surface area contributed by atoms with Crippen LogP contribution in [0.5, 0.6) is 11.5 Å². The molecule has 1 aliphatic rings. The van der Waals surface area contributed by atoms with Gasteiger partial charge in [0.15, 0.2) is 6.10 Å². The van der Waals surface area contributed by atoms with Crippen molar-refractivity contribution in [2.24, 2.45) is 5.92 Å². The summed E-state index contributed by atoms with van der Waals surface area (Å²) in [7, 11) is 3.07. The molecule has 0 spiro atoms. The first-order valence-corrected chi connectivity index (χ1v) is 10.1. The van der Waals surface area contributed by atoms with Crippen molar-refractivity contribution >= 4 is 28.9 Å². The quantitative estimate of drug-likeness (QED) is 0.736. The maximum absolute atomic E-state index is 12.5. The molecule has 1 aromatic carbocycles. The van der Waals surface area contributed by atoms with Crippen molar-refractivity contribution in [3.63, 3.8) is 0 Å². The number of esters is 1. The van der Waals surface area contributed by atoms with E-state index < -0.39 is 18.0 Å². The average molecular weight is 404 g/mol. The zero-order valence-corrected chi connectivity index (χ0v) is 17.4. The van der Waals surface area contributed by atoms with Gasteiger partial charge in [-0.3, -0.25) is 4.79 Å². The van der Waals surface area contributed by atoms with E-state index in [1.165, 1.54) is 36.0 Å². The fourth-order valence-electron chi connectivity index (χ4n) is 3.20. The van der Waals surface area contributed by atoms with E-state index in [4.69, 9.17) is 14.2 Å². The first kappa shape index (κ1) is 20.2. The van der Waals surface area contributed by atoms with E-state index in [1.807, 2.05) is 6.07 Å². The van der Waals surface area contributed by atoms with Crippen LogP contribution in [0.1, 0.15) is 40.4 Å². The molecule has 1 aromatic heterocycles. The molecule has 0 radical (unpaired) electrons. The third-order valence-corrected chi connectivity index (χ3v) is 6.02. The Kier molecular flexibility index (Phi) is 6.24. The van der Waals surface area contributed by atoms with E-state index in [-0.39, 0.29) is 0 Å². The predicted octanol–water partition coefficient (Wildman–Crippen LogP) is 4.07. The van der Waals surface area contributed by atoms with Gasteiger partial charge in [0.05, 0.1) is 14.2 Å². The summed E-state index contributed by atoms with van der Waals surface area (Å²) in [5.41, 5.74) is 1.74. The second kappa shape index (κ2) is 8.65. The standard InChI is InChI=1S/C21H25NO5S/c1-12-5-6-18-14(7-12)8-19(28-18)21(24)27-13(2)20(23)22-15-9-16(25-3)11-17(10-15)26-4/h8-13H,5-7H2,1-4H3,(H,22,23). The number of carbonyl (C=O) groups excluding carboxylic acids is 2. The molecule has 28 heavy (non-hydrogen) atoms. The van der Waals surface area contributed by atoms with Crippen LogP contribution < -0.4 is 14.8 Å². The zero-order chi connectivity index (χ0) is 20.3. The molecule has 0 aliphatic heterocycles. The maximum Gasteiger partial charge on any atom is 0.349 e. The molecule has 150 valence electrons. The Morgan fingerprint density at radius 3 is 2.46 bits per heavy atom. The minimum Gasteiger partial charge on any atom is -0.497 e. The maximum atomic E-state index is 12.5. The zero-order valence-electron chi connectivity index (χ0n) is 16.5. The number of anilines is 1. The molecule has 2 aromatic rings. The summed E-state index contributed by atoms with van der Waals surface area (Å²) < 4.78 is 15.8. The third kappa shape index (κ3) is 4.65. The third-order valence-electron chi connectivity index (χ3n) is 4.80. The van der Waals surface area contributed by atoms with Gasteiger partial charge in [-0.05, 0) is 43.7 Å². The lowest BCUT2D eigenvalue weighted by Gasteiger charge is -2.16. The molecule has 1 aliphatic carbocycles. The SMILES string of the molecule is COc1cc(NC(=O)C(C)OC(=O)c2cc3c(s2)CCC(C)C3)cc(OC)c1. The summed E-state index contributed by atoms with van der Waals surface area (Å²) in [6.45, 7) is 3.78. The normalized spacial score (nSPS) is 16.6. The highest BCUT2D eigenvalue weighted by Gasteiger charge is 2.24. The van der Waals surface area contributed by atoms with Gasteiger partial charge >= 0.3 is 5.97 Å². The lowest BCUT2D eigenvalue weighted by atomic mass is 9.90. The highest BCUT2D eigenvalue weighted by Crippen LogP contribution is 2.32. The largest absolute Gasteiger partial charge is 0.497 e. The summed E-state index contributed by atoms with van der Waals surface area (Å²) in [5.74, 6) is 0.863. The number of carbonyl (C=O) groups is 2. The number of thiophene rings is 1. The summed E-state index contributed by atoms with van der Waals surface area (Å²) in [4.78, 5) is 26.7. The molecule has 1 heterocycles. The van der Waals surface area contributed by atoms with E-state index in [1.54, 1.807) is 25.1 Å². The van der Waals surface area contributed by atoms with Crippen LogP contribution in [-0.4, -0.2) is 32.2 Å². The molecule has 0 saturated heterocycles. The lowest BCUT2D eigenvalue weighted by Crippen LogP contribution is -2.29. The van der Waals surface area contributed by atoms with E-state index in [9.17, 15) is 9.59 Å². The van der Waals surface area contributed by atoms with Gasteiger partial charge in [-0.15, -0.1) is 11.3 Å². The van der Waals surface area contributed by atoms with Crippen LogP contribution in [0, 0.1) is 5.92 Å². The molecule has 1 N–H and O–H groups in total. The van der Waals surface area contributed by atoms with Crippen molar-refractivity contribution < 1.29 is 23.8 Å². The van der Waals surface area contributed by atoms with Gasteiger partial charge in [0.25, 0.3) is 5.91 Å². The monoisotopic (exact) mass is 403 g/mol. The van der Waals surface area contributed by atoms with E-state index >= 15 is 0 Å². The molecule has 2 atom stereocenters. The van der Waals surface area contributed by atoms with Crippen LogP contribution in [-0.2, 0) is 22.4 Å².